The number of carbonyl (C=O) groups is 1. The molecule has 0 amide bonds. The SMILES string of the molecule is O=C(c1ccc(C2CCCCC2)cc1C1CCCCC1)C(F)(F)F. The van der Waals surface area contributed by atoms with Crippen LogP contribution in [0.5, 0.6) is 0 Å². The van der Waals surface area contributed by atoms with E-state index in [9.17, 15) is 18.0 Å². The maximum absolute atomic E-state index is 13.0. The quantitative estimate of drug-likeness (QED) is 0.573. The minimum atomic E-state index is -4.80. The van der Waals surface area contributed by atoms with Gasteiger partial charge in [0.15, 0.2) is 0 Å². The molecule has 0 atom stereocenters. The summed E-state index contributed by atoms with van der Waals surface area (Å²) in [5, 5.41) is 0. The van der Waals surface area contributed by atoms with E-state index >= 15 is 0 Å². The summed E-state index contributed by atoms with van der Waals surface area (Å²) in [6, 6.07) is 5.15. The molecule has 2 aliphatic rings. The summed E-state index contributed by atoms with van der Waals surface area (Å²) in [7, 11) is 0. The van der Waals surface area contributed by atoms with Gasteiger partial charge in [-0.25, -0.2) is 0 Å². The number of Topliss-reactive ketones (excluding diaryl/α,β-unsaturated/α-hetero) is 1. The lowest BCUT2D eigenvalue weighted by molar-refractivity contribution is -0.0886. The van der Waals surface area contributed by atoms with Gasteiger partial charge in [0, 0.05) is 5.56 Å². The van der Waals surface area contributed by atoms with Crippen LogP contribution < -0.4 is 0 Å². The summed E-state index contributed by atoms with van der Waals surface area (Å²) in [5.41, 5.74) is 1.67. The average Bonchev–Trinajstić information content (AvgIpc) is 2.61. The van der Waals surface area contributed by atoms with Crippen LogP contribution in [0.2, 0.25) is 0 Å². The van der Waals surface area contributed by atoms with Crippen LogP contribution in [0.1, 0.15) is 97.5 Å². The summed E-state index contributed by atoms with van der Waals surface area (Å²) in [6.45, 7) is 0. The number of hydrogen-bond donors (Lipinski definition) is 0. The van der Waals surface area contributed by atoms with Crippen molar-refractivity contribution < 1.29 is 18.0 Å². The van der Waals surface area contributed by atoms with Crippen LogP contribution in [-0.2, 0) is 0 Å². The molecule has 0 aromatic heterocycles. The lowest BCUT2D eigenvalue weighted by atomic mass is 9.78. The maximum atomic E-state index is 13.0. The first-order chi connectivity index (χ1) is 11.5. The van der Waals surface area contributed by atoms with E-state index in [0.29, 0.717) is 11.5 Å². The van der Waals surface area contributed by atoms with Gasteiger partial charge in [-0.3, -0.25) is 4.79 Å². The number of rotatable bonds is 3. The Morgan fingerprint density at radius 3 is 1.92 bits per heavy atom. The molecule has 0 unspecified atom stereocenters. The van der Waals surface area contributed by atoms with E-state index in [1.165, 1.54) is 25.3 Å². The highest BCUT2D eigenvalue weighted by Crippen LogP contribution is 2.40. The second-order valence-corrected chi connectivity index (χ2v) is 7.34. The zero-order valence-corrected chi connectivity index (χ0v) is 14.0. The van der Waals surface area contributed by atoms with Crippen LogP contribution in [0.4, 0.5) is 13.2 Å². The first-order valence-corrected chi connectivity index (χ1v) is 9.22. The normalized spacial score (nSPS) is 21.0. The molecule has 0 aliphatic heterocycles. The van der Waals surface area contributed by atoms with Crippen LogP contribution in [0.15, 0.2) is 18.2 Å². The Hall–Kier alpha value is -1.32. The third-order valence-corrected chi connectivity index (χ3v) is 5.70. The minimum Gasteiger partial charge on any atom is -0.284 e. The first kappa shape index (κ1) is 17.5. The van der Waals surface area contributed by atoms with Gasteiger partial charge in [-0.1, -0.05) is 56.7 Å². The van der Waals surface area contributed by atoms with Crippen molar-refractivity contribution in [3.05, 3.63) is 34.9 Å². The van der Waals surface area contributed by atoms with Gasteiger partial charge >= 0.3 is 6.18 Å². The van der Waals surface area contributed by atoms with Crippen molar-refractivity contribution in [1.82, 2.24) is 0 Å². The average molecular weight is 338 g/mol. The fraction of sp³-hybridized carbons (Fsp3) is 0.650. The van der Waals surface area contributed by atoms with Crippen molar-refractivity contribution >= 4 is 5.78 Å². The second-order valence-electron chi connectivity index (χ2n) is 7.34. The summed E-state index contributed by atoms with van der Waals surface area (Å²) in [4.78, 5) is 11.9. The minimum absolute atomic E-state index is 0.101. The smallest absolute Gasteiger partial charge is 0.284 e. The van der Waals surface area contributed by atoms with E-state index in [4.69, 9.17) is 0 Å². The molecular weight excluding hydrogens is 313 g/mol. The van der Waals surface area contributed by atoms with Gasteiger partial charge in [-0.05, 0) is 48.6 Å². The van der Waals surface area contributed by atoms with Gasteiger partial charge in [-0.15, -0.1) is 0 Å². The zero-order valence-electron chi connectivity index (χ0n) is 14.0. The maximum Gasteiger partial charge on any atom is 0.454 e. The van der Waals surface area contributed by atoms with Gasteiger partial charge in [0.1, 0.15) is 0 Å². The Morgan fingerprint density at radius 2 is 1.38 bits per heavy atom. The molecule has 0 radical (unpaired) electrons. The Bertz CT molecular complexity index is 579. The monoisotopic (exact) mass is 338 g/mol. The Labute approximate surface area is 141 Å². The van der Waals surface area contributed by atoms with Gasteiger partial charge < -0.3 is 0 Å². The lowest BCUT2D eigenvalue weighted by Gasteiger charge is -2.27. The fourth-order valence-electron chi connectivity index (χ4n) is 4.38. The van der Waals surface area contributed by atoms with Gasteiger partial charge in [-0.2, -0.15) is 13.2 Å². The Morgan fingerprint density at radius 1 is 0.833 bits per heavy atom. The molecule has 0 bridgehead atoms. The molecule has 4 heteroatoms. The second kappa shape index (κ2) is 7.28. The van der Waals surface area contributed by atoms with Crippen LogP contribution in [0, 0.1) is 0 Å². The lowest BCUT2D eigenvalue weighted by Crippen LogP contribution is -2.25. The Balaban J connectivity index is 1.96. The predicted octanol–water partition coefficient (Wildman–Crippen LogP) is 6.53. The van der Waals surface area contributed by atoms with Gasteiger partial charge in [0.25, 0.3) is 5.78 Å². The third-order valence-electron chi connectivity index (χ3n) is 5.70. The van der Waals surface area contributed by atoms with E-state index < -0.39 is 12.0 Å². The standard InChI is InChI=1S/C20H25F3O/c21-20(22,23)19(24)17-12-11-16(14-7-3-1-4-8-14)13-18(17)15-9-5-2-6-10-15/h11-15H,1-10H2. The van der Waals surface area contributed by atoms with E-state index in [1.807, 2.05) is 6.07 Å². The summed E-state index contributed by atoms with van der Waals surface area (Å²) < 4.78 is 39.0. The largest absolute Gasteiger partial charge is 0.454 e. The highest BCUT2D eigenvalue weighted by molar-refractivity contribution is 6.01. The van der Waals surface area contributed by atoms with E-state index in [0.717, 1.165) is 50.5 Å². The number of halogens is 3. The van der Waals surface area contributed by atoms with Gasteiger partial charge in [0.05, 0.1) is 0 Å². The summed E-state index contributed by atoms with van der Waals surface area (Å²) >= 11 is 0. The summed E-state index contributed by atoms with van der Waals surface area (Å²) in [5.74, 6) is -1.14. The summed E-state index contributed by atoms with van der Waals surface area (Å²) in [6.07, 6.45) is 6.05. The topological polar surface area (TPSA) is 17.1 Å². The molecule has 2 aliphatic carbocycles. The number of hydrogen-bond acceptors (Lipinski definition) is 1. The van der Waals surface area contributed by atoms with Crippen LogP contribution in [-0.4, -0.2) is 12.0 Å². The third kappa shape index (κ3) is 3.84. The molecule has 0 heterocycles. The van der Waals surface area contributed by atoms with Crippen molar-refractivity contribution in [1.29, 1.82) is 0 Å². The van der Waals surface area contributed by atoms with Crippen molar-refractivity contribution in [2.45, 2.75) is 82.2 Å². The van der Waals surface area contributed by atoms with Gasteiger partial charge in [0.2, 0.25) is 0 Å². The number of carbonyl (C=O) groups excluding carboxylic acids is 1. The fourth-order valence-corrected chi connectivity index (χ4v) is 4.38. The van der Waals surface area contributed by atoms with Crippen molar-refractivity contribution in [2.75, 3.05) is 0 Å². The first-order valence-electron chi connectivity index (χ1n) is 9.22. The molecule has 3 rings (SSSR count). The van der Waals surface area contributed by atoms with E-state index in [-0.39, 0.29) is 11.5 Å². The van der Waals surface area contributed by atoms with E-state index in [2.05, 4.69) is 0 Å². The molecule has 132 valence electrons. The number of alkyl halides is 3. The molecule has 2 fully saturated rings. The molecule has 1 nitrogen and oxygen atoms in total. The molecule has 2 saturated carbocycles. The molecule has 1 aromatic rings. The Kier molecular flexibility index (Phi) is 5.31. The molecular formula is C20H25F3O. The van der Waals surface area contributed by atoms with Crippen molar-refractivity contribution in [3.63, 3.8) is 0 Å². The van der Waals surface area contributed by atoms with E-state index in [1.54, 1.807) is 6.07 Å². The highest BCUT2D eigenvalue weighted by atomic mass is 19.4. The van der Waals surface area contributed by atoms with Crippen molar-refractivity contribution in [2.24, 2.45) is 0 Å². The molecule has 24 heavy (non-hydrogen) atoms. The molecule has 0 N–H and O–H groups in total. The molecule has 0 spiro atoms. The van der Waals surface area contributed by atoms with Crippen LogP contribution in [0.3, 0.4) is 0 Å². The van der Waals surface area contributed by atoms with Crippen LogP contribution in [0.25, 0.3) is 0 Å². The highest BCUT2D eigenvalue weighted by Gasteiger charge is 2.41. The molecule has 0 saturated heterocycles. The molecule has 1 aromatic carbocycles. The van der Waals surface area contributed by atoms with Crippen LogP contribution >= 0.6 is 0 Å². The zero-order chi connectivity index (χ0) is 17.2. The number of ketones is 1. The number of benzene rings is 1. The predicted molar refractivity (Wildman–Crippen MR) is 88.5 cm³/mol. The van der Waals surface area contributed by atoms with Crippen molar-refractivity contribution in [3.8, 4) is 0 Å².